The molecule has 0 aliphatic heterocycles. The van der Waals surface area contributed by atoms with E-state index in [2.05, 4.69) is 18.8 Å². The number of aryl methyl sites for hydroxylation is 1. The van der Waals surface area contributed by atoms with E-state index in [-0.39, 0.29) is 5.82 Å². The number of hydrogen-bond acceptors (Lipinski definition) is 2. The minimum Gasteiger partial charge on any atom is -0.493 e. The van der Waals surface area contributed by atoms with Gasteiger partial charge < -0.3 is 4.74 Å². The molecule has 33 heavy (non-hydrogen) atoms. The molecule has 1 aromatic carbocycles. The molecule has 2 aromatic rings. The fourth-order valence-electron chi connectivity index (χ4n) is 4.28. The molecule has 0 spiro atoms. The van der Waals surface area contributed by atoms with Crippen molar-refractivity contribution >= 4 is 0 Å². The Kier molecular flexibility index (Phi) is 13.7. The van der Waals surface area contributed by atoms with Crippen LogP contribution in [0, 0.1) is 5.82 Å². The first kappa shape index (κ1) is 27.3. The lowest BCUT2D eigenvalue weighted by Gasteiger charge is -2.16. The molecule has 0 radical (unpaired) electrons. The molecule has 1 aromatic heterocycles. The predicted octanol–water partition coefficient (Wildman–Crippen LogP) is 9.26. The van der Waals surface area contributed by atoms with Crippen LogP contribution in [-0.2, 0) is 6.42 Å². The predicted molar refractivity (Wildman–Crippen MR) is 135 cm³/mol. The molecule has 1 unspecified atom stereocenters. The summed E-state index contributed by atoms with van der Waals surface area (Å²) in [6, 6.07) is 7.64. The van der Waals surface area contributed by atoms with Crippen molar-refractivity contribution in [2.75, 3.05) is 6.61 Å². The lowest BCUT2D eigenvalue weighted by Crippen LogP contribution is -2.04. The normalized spacial score (nSPS) is 12.1. The summed E-state index contributed by atoms with van der Waals surface area (Å²) in [5.41, 5.74) is 2.13. The van der Waals surface area contributed by atoms with E-state index < -0.39 is 6.17 Å². The quantitative estimate of drug-likeness (QED) is 0.207. The summed E-state index contributed by atoms with van der Waals surface area (Å²) >= 11 is 0. The van der Waals surface area contributed by atoms with Gasteiger partial charge in [0.15, 0.2) is 0 Å². The van der Waals surface area contributed by atoms with Gasteiger partial charge in [0.1, 0.15) is 17.7 Å². The number of nitrogens with zero attached hydrogens (tertiary/aromatic N) is 1. The summed E-state index contributed by atoms with van der Waals surface area (Å²) in [5.74, 6) is 0.358. The van der Waals surface area contributed by atoms with Crippen LogP contribution in [0.4, 0.5) is 8.78 Å². The van der Waals surface area contributed by atoms with Crippen LogP contribution in [0.25, 0.3) is 11.1 Å². The van der Waals surface area contributed by atoms with Gasteiger partial charge in [-0.05, 0) is 43.7 Å². The van der Waals surface area contributed by atoms with E-state index in [1.54, 1.807) is 6.20 Å². The summed E-state index contributed by atoms with van der Waals surface area (Å²) in [5, 5.41) is 0. The molecule has 1 atom stereocenters. The monoisotopic (exact) mass is 459 g/mol. The topological polar surface area (TPSA) is 22.1 Å². The lowest BCUT2D eigenvalue weighted by molar-refractivity contribution is 0.282. The maximum atomic E-state index is 14.9. The Morgan fingerprint density at radius 1 is 0.818 bits per heavy atom. The Morgan fingerprint density at radius 3 is 2.27 bits per heavy atom. The van der Waals surface area contributed by atoms with Crippen molar-refractivity contribution in [1.82, 2.24) is 4.98 Å². The van der Waals surface area contributed by atoms with Crippen LogP contribution in [-0.4, -0.2) is 17.8 Å². The van der Waals surface area contributed by atoms with Crippen LogP contribution < -0.4 is 4.74 Å². The second kappa shape index (κ2) is 16.6. The summed E-state index contributed by atoms with van der Waals surface area (Å²) in [4.78, 5) is 4.07. The Bertz CT molecular complexity index is 780. The van der Waals surface area contributed by atoms with Gasteiger partial charge in [0.2, 0.25) is 0 Å². The van der Waals surface area contributed by atoms with E-state index in [1.165, 1.54) is 38.3 Å². The Morgan fingerprint density at radius 2 is 1.48 bits per heavy atom. The standard InChI is InChI=1S/C29H43F2NO/c1-3-5-7-9-10-14-21-33-28-20-13-12-19-26(28)29-24(22-32-23-27(29)31)16-15-18-25(30)17-11-8-6-4-2/h12-13,19-20,22-23,25H,3-11,14-18,21H2,1-2H3. The Balaban J connectivity index is 1.95. The Labute approximate surface area is 200 Å². The SMILES string of the molecule is CCCCCCCCOc1ccccc1-c1c(F)cncc1CCCC(F)CCCCCC. The maximum absolute atomic E-state index is 14.9. The molecule has 0 aliphatic rings. The van der Waals surface area contributed by atoms with Crippen LogP contribution in [0.15, 0.2) is 36.7 Å². The van der Waals surface area contributed by atoms with Crippen LogP contribution in [0.2, 0.25) is 0 Å². The molecular formula is C29H43F2NO. The molecular weight excluding hydrogens is 416 g/mol. The van der Waals surface area contributed by atoms with E-state index in [1.807, 2.05) is 24.3 Å². The minimum atomic E-state index is -0.778. The largest absolute Gasteiger partial charge is 0.493 e. The highest BCUT2D eigenvalue weighted by molar-refractivity contribution is 5.73. The average molecular weight is 460 g/mol. The average Bonchev–Trinajstić information content (AvgIpc) is 2.82. The fourth-order valence-corrected chi connectivity index (χ4v) is 4.28. The van der Waals surface area contributed by atoms with Gasteiger partial charge in [-0.25, -0.2) is 8.78 Å². The molecule has 0 fully saturated rings. The number of pyridine rings is 1. The third-order valence-corrected chi connectivity index (χ3v) is 6.22. The minimum absolute atomic E-state index is 0.348. The van der Waals surface area contributed by atoms with Gasteiger partial charge in [-0.15, -0.1) is 0 Å². The van der Waals surface area contributed by atoms with E-state index in [9.17, 15) is 8.78 Å². The van der Waals surface area contributed by atoms with Crippen LogP contribution in [0.3, 0.4) is 0 Å². The van der Waals surface area contributed by atoms with E-state index in [0.717, 1.165) is 43.2 Å². The van der Waals surface area contributed by atoms with Crippen molar-refractivity contribution in [3.63, 3.8) is 0 Å². The number of alkyl halides is 1. The number of unbranched alkanes of at least 4 members (excludes halogenated alkanes) is 8. The van der Waals surface area contributed by atoms with Crippen molar-refractivity contribution in [1.29, 1.82) is 0 Å². The highest BCUT2D eigenvalue weighted by atomic mass is 19.1. The molecule has 184 valence electrons. The number of hydrogen-bond donors (Lipinski definition) is 0. The molecule has 0 saturated heterocycles. The molecule has 1 heterocycles. The van der Waals surface area contributed by atoms with Crippen molar-refractivity contribution in [2.45, 2.75) is 110 Å². The summed E-state index contributed by atoms with van der Waals surface area (Å²) in [6.45, 7) is 5.01. The lowest BCUT2D eigenvalue weighted by atomic mass is 9.96. The molecule has 0 amide bonds. The second-order valence-corrected chi connectivity index (χ2v) is 9.11. The summed E-state index contributed by atoms with van der Waals surface area (Å²) in [6.07, 6.45) is 16.2. The molecule has 0 saturated carbocycles. The second-order valence-electron chi connectivity index (χ2n) is 9.11. The van der Waals surface area contributed by atoms with Gasteiger partial charge in [-0.2, -0.15) is 0 Å². The van der Waals surface area contributed by atoms with E-state index in [0.29, 0.717) is 43.6 Å². The first-order valence-corrected chi connectivity index (χ1v) is 13.2. The van der Waals surface area contributed by atoms with Gasteiger partial charge in [-0.3, -0.25) is 4.98 Å². The highest BCUT2D eigenvalue weighted by Gasteiger charge is 2.16. The molecule has 0 bridgehead atoms. The van der Waals surface area contributed by atoms with E-state index in [4.69, 9.17) is 4.74 Å². The third-order valence-electron chi connectivity index (χ3n) is 6.22. The zero-order chi connectivity index (χ0) is 23.7. The fraction of sp³-hybridized carbons (Fsp3) is 0.621. The summed E-state index contributed by atoms with van der Waals surface area (Å²) < 4.78 is 35.2. The molecule has 2 rings (SSSR count). The van der Waals surface area contributed by atoms with Gasteiger partial charge >= 0.3 is 0 Å². The zero-order valence-corrected chi connectivity index (χ0v) is 20.8. The third kappa shape index (κ3) is 10.2. The highest BCUT2D eigenvalue weighted by Crippen LogP contribution is 2.35. The number of ether oxygens (including phenoxy) is 1. The van der Waals surface area contributed by atoms with Crippen LogP contribution >= 0.6 is 0 Å². The number of para-hydroxylation sites is 1. The molecule has 4 heteroatoms. The van der Waals surface area contributed by atoms with Crippen molar-refractivity contribution in [2.24, 2.45) is 0 Å². The molecule has 2 nitrogen and oxygen atoms in total. The summed E-state index contributed by atoms with van der Waals surface area (Å²) in [7, 11) is 0. The zero-order valence-electron chi connectivity index (χ0n) is 20.8. The van der Waals surface area contributed by atoms with Crippen LogP contribution in [0.5, 0.6) is 5.75 Å². The number of halogens is 2. The van der Waals surface area contributed by atoms with Gasteiger partial charge in [0.25, 0.3) is 0 Å². The van der Waals surface area contributed by atoms with E-state index >= 15 is 0 Å². The number of aromatic nitrogens is 1. The van der Waals surface area contributed by atoms with Gasteiger partial charge in [-0.1, -0.05) is 89.8 Å². The van der Waals surface area contributed by atoms with Crippen molar-refractivity contribution in [3.8, 4) is 16.9 Å². The van der Waals surface area contributed by atoms with Crippen molar-refractivity contribution < 1.29 is 13.5 Å². The Hall–Kier alpha value is -1.97. The molecule has 0 aliphatic carbocycles. The maximum Gasteiger partial charge on any atom is 0.149 e. The van der Waals surface area contributed by atoms with Crippen molar-refractivity contribution in [3.05, 3.63) is 48.0 Å². The first-order chi connectivity index (χ1) is 16.2. The molecule has 0 N–H and O–H groups in total. The van der Waals surface area contributed by atoms with Gasteiger partial charge in [0.05, 0.1) is 12.8 Å². The van der Waals surface area contributed by atoms with Crippen LogP contribution in [0.1, 0.15) is 103 Å². The van der Waals surface area contributed by atoms with Gasteiger partial charge in [0, 0.05) is 17.3 Å². The first-order valence-electron chi connectivity index (χ1n) is 13.2. The number of rotatable bonds is 18. The smallest absolute Gasteiger partial charge is 0.149 e. The number of benzene rings is 1.